The summed E-state index contributed by atoms with van der Waals surface area (Å²) in [5.74, 6) is 0.954. The third-order valence-corrected chi connectivity index (χ3v) is 3.30. The Labute approximate surface area is 168 Å². The van der Waals surface area contributed by atoms with Gasteiger partial charge in [0.05, 0.1) is 0 Å². The molecule has 26 heavy (non-hydrogen) atoms. The zero-order valence-electron chi connectivity index (χ0n) is 20.5. The fraction of sp³-hybridized carbons (Fsp3) is 0.792. The highest BCUT2D eigenvalue weighted by Gasteiger charge is 1.94. The van der Waals surface area contributed by atoms with Gasteiger partial charge >= 0.3 is 0 Å². The fourth-order valence-corrected chi connectivity index (χ4v) is 1.55. The predicted octanol–water partition coefficient (Wildman–Crippen LogP) is 9.14. The highest BCUT2D eigenvalue weighted by atomic mass is 15.3. The van der Waals surface area contributed by atoms with Gasteiger partial charge in [-0.25, -0.2) is 0 Å². The molecule has 0 aromatic rings. The van der Waals surface area contributed by atoms with Crippen molar-refractivity contribution in [1.29, 1.82) is 0 Å². The molecular formula is C24H54N2. The van der Waals surface area contributed by atoms with Crippen LogP contribution in [0.4, 0.5) is 0 Å². The highest BCUT2D eigenvalue weighted by Crippen LogP contribution is 2.09. The third-order valence-electron chi connectivity index (χ3n) is 3.30. The maximum atomic E-state index is 4.20. The van der Waals surface area contributed by atoms with Gasteiger partial charge in [-0.15, -0.1) is 0 Å². The van der Waals surface area contributed by atoms with E-state index in [1.54, 1.807) is 6.08 Å². The van der Waals surface area contributed by atoms with Crippen LogP contribution < -0.4 is 5.43 Å². The van der Waals surface area contributed by atoms with E-state index in [2.05, 4.69) is 58.3 Å². The van der Waals surface area contributed by atoms with Crippen LogP contribution in [0, 0.1) is 5.92 Å². The number of hydrazone groups is 1. The van der Waals surface area contributed by atoms with Gasteiger partial charge in [0.1, 0.15) is 0 Å². The maximum Gasteiger partial charge on any atom is 0.0484 e. The zero-order chi connectivity index (χ0) is 21.8. The summed E-state index contributed by atoms with van der Waals surface area (Å²) in [6.07, 6.45) is 10.4. The van der Waals surface area contributed by atoms with E-state index < -0.39 is 0 Å². The highest BCUT2D eigenvalue weighted by molar-refractivity contribution is 5.83. The van der Waals surface area contributed by atoms with Crippen LogP contribution in [0.1, 0.15) is 121 Å². The molecule has 0 rings (SSSR count). The second kappa shape index (κ2) is 39.2. The molecular weight excluding hydrogens is 316 g/mol. The van der Waals surface area contributed by atoms with E-state index in [0.29, 0.717) is 0 Å². The van der Waals surface area contributed by atoms with Crippen LogP contribution in [-0.2, 0) is 0 Å². The lowest BCUT2D eigenvalue weighted by atomic mass is 10.0. The number of nitrogens with one attached hydrogen (secondary N) is 1. The zero-order valence-corrected chi connectivity index (χ0v) is 20.5. The Hall–Kier alpha value is -1.05. The Kier molecular flexibility index (Phi) is 54.1. The van der Waals surface area contributed by atoms with Gasteiger partial charge in [0, 0.05) is 11.4 Å². The normalized spacial score (nSPS) is 10.0. The van der Waals surface area contributed by atoms with Gasteiger partial charge in [0.15, 0.2) is 0 Å². The first kappa shape index (κ1) is 36.0. The lowest BCUT2D eigenvalue weighted by Gasteiger charge is -2.04. The summed E-state index contributed by atoms with van der Waals surface area (Å²) in [6, 6.07) is 0. The molecule has 0 aliphatic heterocycles. The van der Waals surface area contributed by atoms with Crippen molar-refractivity contribution >= 4 is 5.71 Å². The molecule has 0 aromatic carbocycles. The number of nitrogens with zero attached hydrogens (tertiary/aromatic N) is 1. The summed E-state index contributed by atoms with van der Waals surface area (Å²) in [5, 5.41) is 4.20. The summed E-state index contributed by atoms with van der Waals surface area (Å²) in [4.78, 5) is 0. The first-order valence-electron chi connectivity index (χ1n) is 11.2. The second-order valence-electron chi connectivity index (χ2n) is 5.28. The summed E-state index contributed by atoms with van der Waals surface area (Å²) in [7, 11) is 0. The van der Waals surface area contributed by atoms with Crippen LogP contribution in [0.15, 0.2) is 30.0 Å². The molecule has 0 heterocycles. The molecule has 0 aliphatic carbocycles. The second-order valence-corrected chi connectivity index (χ2v) is 5.28. The van der Waals surface area contributed by atoms with Crippen LogP contribution in [0.5, 0.6) is 0 Å². The molecule has 2 heteroatoms. The van der Waals surface area contributed by atoms with Gasteiger partial charge in [0.2, 0.25) is 0 Å². The molecule has 0 bridgehead atoms. The van der Waals surface area contributed by atoms with Crippen LogP contribution in [0.2, 0.25) is 0 Å². The van der Waals surface area contributed by atoms with Gasteiger partial charge in [-0.3, -0.25) is 5.43 Å². The Morgan fingerprint density at radius 1 is 0.962 bits per heavy atom. The van der Waals surface area contributed by atoms with Crippen molar-refractivity contribution < 1.29 is 0 Å². The number of rotatable bonds is 10. The molecule has 1 atom stereocenters. The summed E-state index contributed by atoms with van der Waals surface area (Å²) in [6.45, 7) is 30.4. The fourth-order valence-electron chi connectivity index (χ4n) is 1.55. The van der Waals surface area contributed by atoms with Crippen molar-refractivity contribution in [2.75, 3.05) is 0 Å². The van der Waals surface area contributed by atoms with Crippen molar-refractivity contribution in [2.24, 2.45) is 11.0 Å². The average molecular weight is 371 g/mol. The van der Waals surface area contributed by atoms with Crippen molar-refractivity contribution in [3.8, 4) is 0 Å². The van der Waals surface area contributed by atoms with Gasteiger partial charge in [-0.2, -0.15) is 5.10 Å². The van der Waals surface area contributed by atoms with Crippen molar-refractivity contribution in [2.45, 2.75) is 121 Å². The topological polar surface area (TPSA) is 24.4 Å². The predicted molar refractivity (Wildman–Crippen MR) is 128 cm³/mol. The van der Waals surface area contributed by atoms with Gasteiger partial charge in [-0.05, 0) is 24.8 Å². The quantitative estimate of drug-likeness (QED) is 0.231. The van der Waals surface area contributed by atoms with E-state index >= 15 is 0 Å². The van der Waals surface area contributed by atoms with Crippen molar-refractivity contribution in [3.63, 3.8) is 0 Å². The molecule has 0 saturated heterocycles. The Morgan fingerprint density at radius 3 is 1.77 bits per heavy atom. The summed E-state index contributed by atoms with van der Waals surface area (Å²) >= 11 is 0. The van der Waals surface area contributed by atoms with E-state index in [-0.39, 0.29) is 0 Å². The molecule has 0 aliphatic rings. The SMILES string of the molecule is C=CC(=C)N/N=C(/CC)CCC.CC.CC.CC.CCCCC(C)CC. The van der Waals surface area contributed by atoms with Crippen molar-refractivity contribution in [1.82, 2.24) is 5.43 Å². The number of hydrogen-bond acceptors (Lipinski definition) is 2. The standard InChI is InChI=1S/C10H18N2.C8H18.3C2H6/c1-5-8-10(7-3)12-11-9(4)6-2;1-4-6-7-8(3)5-2;3*1-2/h6,11H,2,4-5,7-8H2,1,3H3;8H,4-7H2,1-3H3;3*1-2H3/b12-10-;;;;. The Balaban J connectivity index is -0.0000000910. The monoisotopic (exact) mass is 370 g/mol. The minimum atomic E-state index is 0.747. The molecule has 1 unspecified atom stereocenters. The Bertz CT molecular complexity index is 267. The average Bonchev–Trinajstić information content (AvgIpc) is 2.73. The van der Waals surface area contributed by atoms with E-state index in [9.17, 15) is 0 Å². The molecule has 2 nitrogen and oxygen atoms in total. The van der Waals surface area contributed by atoms with Gasteiger partial charge in [0.25, 0.3) is 0 Å². The first-order chi connectivity index (χ1) is 12.5. The Morgan fingerprint density at radius 2 is 1.46 bits per heavy atom. The lowest BCUT2D eigenvalue weighted by molar-refractivity contribution is 0.492. The first-order valence-corrected chi connectivity index (χ1v) is 11.2. The van der Waals surface area contributed by atoms with E-state index in [1.807, 2.05) is 41.5 Å². The van der Waals surface area contributed by atoms with Crippen LogP contribution >= 0.6 is 0 Å². The largest absolute Gasteiger partial charge is 0.279 e. The molecule has 0 fully saturated rings. The maximum absolute atomic E-state index is 4.20. The van der Waals surface area contributed by atoms with Gasteiger partial charge < -0.3 is 0 Å². The van der Waals surface area contributed by atoms with Crippen LogP contribution in [-0.4, -0.2) is 5.71 Å². The molecule has 160 valence electrons. The number of unbranched alkanes of at least 4 members (excludes halogenated alkanes) is 1. The molecule has 0 aromatic heterocycles. The summed E-state index contributed by atoms with van der Waals surface area (Å²) < 4.78 is 0. The molecule has 1 N–H and O–H groups in total. The molecule has 0 spiro atoms. The summed E-state index contributed by atoms with van der Waals surface area (Å²) in [5.41, 5.74) is 4.77. The van der Waals surface area contributed by atoms with E-state index in [0.717, 1.165) is 30.9 Å². The van der Waals surface area contributed by atoms with Crippen LogP contribution in [0.3, 0.4) is 0 Å². The molecule has 0 saturated carbocycles. The van der Waals surface area contributed by atoms with E-state index in [4.69, 9.17) is 0 Å². The number of hydrogen-bond donors (Lipinski definition) is 1. The minimum absolute atomic E-state index is 0.747. The van der Waals surface area contributed by atoms with Crippen LogP contribution in [0.25, 0.3) is 0 Å². The third kappa shape index (κ3) is 38.5. The molecule has 0 radical (unpaired) electrons. The van der Waals surface area contributed by atoms with Gasteiger partial charge in [-0.1, -0.05) is 121 Å². The molecule has 0 amide bonds. The lowest BCUT2D eigenvalue weighted by Crippen LogP contribution is -2.07. The smallest absolute Gasteiger partial charge is 0.0484 e. The van der Waals surface area contributed by atoms with Crippen molar-refractivity contribution in [3.05, 3.63) is 24.9 Å². The van der Waals surface area contributed by atoms with E-state index in [1.165, 1.54) is 31.4 Å². The number of allylic oxidation sites excluding steroid dienone is 1. The minimum Gasteiger partial charge on any atom is -0.279 e.